The summed E-state index contributed by atoms with van der Waals surface area (Å²) in [6, 6.07) is 27.3. The van der Waals surface area contributed by atoms with E-state index < -0.39 is 13.2 Å². The highest BCUT2D eigenvalue weighted by Crippen LogP contribution is 2.58. The first-order valence-corrected chi connectivity index (χ1v) is 10.5. The predicted molar refractivity (Wildman–Crippen MR) is 114 cm³/mol. The molecule has 0 bridgehead atoms. The second-order valence-corrected chi connectivity index (χ2v) is 9.11. The molecule has 0 radical (unpaired) electrons. The summed E-state index contributed by atoms with van der Waals surface area (Å²) in [6.45, 7) is 0. The fourth-order valence-electron chi connectivity index (χ4n) is 3.01. The van der Waals surface area contributed by atoms with Crippen LogP contribution in [0.15, 0.2) is 84.9 Å². The van der Waals surface area contributed by atoms with Crippen LogP contribution in [0, 0.1) is 0 Å². The fourth-order valence-corrected chi connectivity index (χ4v) is 5.18. The van der Waals surface area contributed by atoms with Crippen molar-refractivity contribution in [2.45, 2.75) is 5.78 Å². The Labute approximate surface area is 161 Å². The Balaban J connectivity index is 2.05. The van der Waals surface area contributed by atoms with Gasteiger partial charge in [0, 0.05) is 37.9 Å². The van der Waals surface area contributed by atoms with Crippen LogP contribution in [-0.2, 0) is 9.09 Å². The minimum atomic E-state index is -3.23. The van der Waals surface area contributed by atoms with Gasteiger partial charge in [0.1, 0.15) is 5.78 Å². The number of anilines is 2. The molecule has 1 N–H and O–H groups in total. The maximum absolute atomic E-state index is 14.1. The third-order valence-corrected chi connectivity index (χ3v) is 7.20. The molecule has 2 atom stereocenters. The largest absolute Gasteiger partial charge is 0.378 e. The van der Waals surface area contributed by atoms with Gasteiger partial charge in [-0.1, -0.05) is 48.5 Å². The molecule has 0 aliphatic heterocycles. The first-order valence-electron chi connectivity index (χ1n) is 8.84. The highest BCUT2D eigenvalue weighted by molar-refractivity contribution is 7.67. The van der Waals surface area contributed by atoms with Gasteiger partial charge in [-0.05, 0) is 42.0 Å². The maximum Gasteiger partial charge on any atom is 0.257 e. The van der Waals surface area contributed by atoms with Crippen LogP contribution in [-0.4, -0.2) is 21.2 Å². The van der Waals surface area contributed by atoms with E-state index in [1.54, 1.807) is 0 Å². The average molecular weight is 380 g/mol. The van der Waals surface area contributed by atoms with Gasteiger partial charge in [0.25, 0.3) is 7.37 Å². The van der Waals surface area contributed by atoms with Gasteiger partial charge in [0.05, 0.1) is 0 Å². The topological polar surface area (TPSA) is 41.6 Å². The number of hydrogen-bond donors (Lipinski definition) is 1. The van der Waals surface area contributed by atoms with Crippen molar-refractivity contribution in [1.82, 2.24) is 0 Å². The van der Waals surface area contributed by atoms with Gasteiger partial charge in [-0.15, -0.1) is 0 Å². The number of hydrogen-bond acceptors (Lipinski definition) is 4. The van der Waals surface area contributed by atoms with Crippen LogP contribution in [0.1, 0.15) is 11.3 Å². The smallest absolute Gasteiger partial charge is 0.257 e. The second kappa shape index (κ2) is 8.43. The van der Waals surface area contributed by atoms with Crippen molar-refractivity contribution in [1.29, 1.82) is 0 Å². The predicted octanol–water partition coefficient (Wildman–Crippen LogP) is 5.11. The first-order chi connectivity index (χ1) is 13.0. The van der Waals surface area contributed by atoms with Gasteiger partial charge in [0.2, 0.25) is 0 Å². The van der Waals surface area contributed by atoms with Crippen molar-refractivity contribution < 1.29 is 9.09 Å². The number of para-hydroxylation sites is 1. The van der Waals surface area contributed by atoms with Gasteiger partial charge in [-0.25, -0.2) is 0 Å². The van der Waals surface area contributed by atoms with E-state index in [1.807, 2.05) is 104 Å². The van der Waals surface area contributed by atoms with Crippen LogP contribution in [0.25, 0.3) is 0 Å². The molecule has 0 fully saturated rings. The van der Waals surface area contributed by atoms with Crippen molar-refractivity contribution in [3.8, 4) is 0 Å². The molecule has 0 spiro atoms. The molecule has 3 rings (SSSR count). The van der Waals surface area contributed by atoms with Crippen LogP contribution in [0.5, 0.6) is 0 Å². The van der Waals surface area contributed by atoms with E-state index in [2.05, 4.69) is 5.32 Å². The summed E-state index contributed by atoms with van der Waals surface area (Å²) in [5.41, 5.74) is 2.87. The molecule has 0 heterocycles. The van der Waals surface area contributed by atoms with Crippen molar-refractivity contribution in [3.63, 3.8) is 0 Å². The van der Waals surface area contributed by atoms with E-state index in [9.17, 15) is 4.57 Å². The molecule has 0 aliphatic rings. The van der Waals surface area contributed by atoms with E-state index in [0.29, 0.717) is 5.30 Å². The monoisotopic (exact) mass is 380 g/mol. The third kappa shape index (κ3) is 4.24. The number of benzene rings is 3. The minimum absolute atomic E-state index is 0.490. The molecule has 0 amide bonds. The highest BCUT2D eigenvalue weighted by Gasteiger charge is 2.36. The van der Waals surface area contributed by atoms with Gasteiger partial charge in [0.15, 0.2) is 0 Å². The first kappa shape index (κ1) is 19.2. The molecule has 5 heteroatoms. The molecule has 4 nitrogen and oxygen atoms in total. The SMILES string of the molecule is CO[P@](=O)(c1ccc(N(C)C)cc1)[C@@H](Nc1ccccc1)c1ccccc1. The lowest BCUT2D eigenvalue weighted by Gasteiger charge is -2.29. The molecule has 0 aromatic heterocycles. The van der Waals surface area contributed by atoms with E-state index in [4.69, 9.17) is 4.52 Å². The summed E-state index contributed by atoms with van der Waals surface area (Å²) in [7, 11) is 2.25. The molecule has 140 valence electrons. The van der Waals surface area contributed by atoms with Crippen molar-refractivity contribution >= 4 is 24.0 Å². The summed E-state index contributed by atoms with van der Waals surface area (Å²) < 4.78 is 19.8. The van der Waals surface area contributed by atoms with E-state index in [1.165, 1.54) is 7.11 Å². The third-order valence-electron chi connectivity index (χ3n) is 4.53. The number of nitrogens with one attached hydrogen (secondary N) is 1. The van der Waals surface area contributed by atoms with Gasteiger partial charge < -0.3 is 14.7 Å². The molecule has 27 heavy (non-hydrogen) atoms. The van der Waals surface area contributed by atoms with Gasteiger partial charge in [-0.3, -0.25) is 4.57 Å². The molecular weight excluding hydrogens is 355 g/mol. The normalized spacial score (nSPS) is 14.2. The number of nitrogens with zero attached hydrogens (tertiary/aromatic N) is 1. The lowest BCUT2D eigenvalue weighted by molar-refractivity contribution is 0.396. The summed E-state index contributed by atoms with van der Waals surface area (Å²) in [6.07, 6.45) is 0. The summed E-state index contributed by atoms with van der Waals surface area (Å²) in [5, 5.41) is 4.11. The van der Waals surface area contributed by atoms with E-state index in [-0.39, 0.29) is 0 Å². The van der Waals surface area contributed by atoms with Crippen LogP contribution >= 0.6 is 7.37 Å². The van der Waals surface area contributed by atoms with Crippen LogP contribution in [0.4, 0.5) is 11.4 Å². The molecular formula is C22H25N2O2P. The molecule has 3 aromatic rings. The Hall–Kier alpha value is -2.55. The molecule has 0 aliphatic carbocycles. The Bertz CT molecular complexity index is 897. The van der Waals surface area contributed by atoms with E-state index in [0.717, 1.165) is 16.9 Å². The number of rotatable bonds is 7. The summed E-state index contributed by atoms with van der Waals surface area (Å²) in [4.78, 5) is 2.01. The maximum atomic E-state index is 14.1. The van der Waals surface area contributed by atoms with Crippen molar-refractivity contribution in [2.24, 2.45) is 0 Å². The average Bonchev–Trinajstić information content (AvgIpc) is 2.73. The Kier molecular flexibility index (Phi) is 6.00. The Morgan fingerprint density at radius 2 is 1.41 bits per heavy atom. The van der Waals surface area contributed by atoms with Crippen LogP contribution < -0.4 is 15.5 Å². The van der Waals surface area contributed by atoms with Gasteiger partial charge >= 0.3 is 0 Å². The van der Waals surface area contributed by atoms with Crippen molar-refractivity contribution in [3.05, 3.63) is 90.5 Å². The Morgan fingerprint density at radius 3 is 1.93 bits per heavy atom. The lowest BCUT2D eigenvalue weighted by atomic mass is 10.2. The quantitative estimate of drug-likeness (QED) is 0.578. The van der Waals surface area contributed by atoms with Crippen LogP contribution in [0.2, 0.25) is 0 Å². The van der Waals surface area contributed by atoms with Crippen LogP contribution in [0.3, 0.4) is 0 Å². The zero-order chi connectivity index (χ0) is 19.3. The molecule has 0 unspecified atom stereocenters. The van der Waals surface area contributed by atoms with Gasteiger partial charge in [-0.2, -0.15) is 0 Å². The highest BCUT2D eigenvalue weighted by atomic mass is 31.2. The Morgan fingerprint density at radius 1 is 0.852 bits per heavy atom. The van der Waals surface area contributed by atoms with E-state index >= 15 is 0 Å². The summed E-state index contributed by atoms with van der Waals surface area (Å²) in [5.74, 6) is -0.490. The second-order valence-electron chi connectivity index (χ2n) is 6.51. The standard InChI is InChI=1S/C22H25N2O2P/c1-24(2)20-14-16-21(17-15-20)27(25,26-3)22(18-10-6-4-7-11-18)23-19-12-8-5-9-13-19/h4-17,22-23H,1-3H3/t22-,27-/m1/s1. The lowest BCUT2D eigenvalue weighted by Crippen LogP contribution is -2.20. The molecule has 0 saturated carbocycles. The molecule has 3 aromatic carbocycles. The minimum Gasteiger partial charge on any atom is -0.378 e. The zero-order valence-electron chi connectivity index (χ0n) is 15.9. The molecule has 0 saturated heterocycles. The zero-order valence-corrected chi connectivity index (χ0v) is 16.8. The summed E-state index contributed by atoms with van der Waals surface area (Å²) >= 11 is 0. The van der Waals surface area contributed by atoms with Crippen molar-refractivity contribution in [2.75, 3.05) is 31.4 Å². The fraction of sp³-hybridized carbons (Fsp3) is 0.182.